The summed E-state index contributed by atoms with van der Waals surface area (Å²) in [6.07, 6.45) is 3.76. The van der Waals surface area contributed by atoms with E-state index in [9.17, 15) is 0 Å². The molecule has 17 rings (SSSR count). The van der Waals surface area contributed by atoms with Crippen molar-refractivity contribution in [2.75, 3.05) is 0 Å². The van der Waals surface area contributed by atoms with Crippen LogP contribution >= 0.6 is 0 Å². The molecule has 1 aliphatic carbocycles. The Bertz CT molecular complexity index is 4860. The van der Waals surface area contributed by atoms with Gasteiger partial charge in [0.25, 0.3) is 0 Å². The van der Waals surface area contributed by atoms with Crippen LogP contribution in [0.4, 0.5) is 0 Å². The number of nitrogens with zero attached hydrogens (tertiary/aromatic N) is 5. The third kappa shape index (κ3) is 5.84. The summed E-state index contributed by atoms with van der Waals surface area (Å²) >= 11 is 0. The molecule has 77 heavy (non-hydrogen) atoms. The largest absolute Gasteiger partial charge is 0.457 e. The van der Waals surface area contributed by atoms with Crippen LogP contribution in [0.2, 0.25) is 0 Å². The highest BCUT2D eigenvalue weighted by Gasteiger charge is 2.52. The lowest BCUT2D eigenvalue weighted by molar-refractivity contribution is 0.436. The second-order valence-electron chi connectivity index (χ2n) is 20.5. The Balaban J connectivity index is 0.795. The van der Waals surface area contributed by atoms with E-state index in [2.05, 4.69) is 262 Å². The highest BCUT2D eigenvalue weighted by Crippen LogP contribution is 2.62. The SMILES string of the molecule is c1ccc(-n2c3ccccc3c3cc(-c4ccc5c(c4)C4(c6ccc(-c7ccc8c(c7)c7ccccc7n8-c7ccc(-n8c9ccccc9c9ccccc98)cc7)cc6O5)c5cccnc5-c5ncccc54)ccc32)cc1. The maximum absolute atomic E-state index is 7.18. The maximum atomic E-state index is 7.18. The fourth-order valence-corrected chi connectivity index (χ4v) is 13.4. The molecule has 0 radical (unpaired) electrons. The molecule has 15 aromatic rings. The van der Waals surface area contributed by atoms with Crippen molar-refractivity contribution in [1.29, 1.82) is 0 Å². The molecule has 0 N–H and O–H groups in total. The summed E-state index contributed by atoms with van der Waals surface area (Å²) < 4.78 is 14.3. The number of fused-ring (bicyclic) bond motifs is 18. The Morgan fingerprint density at radius 1 is 0.273 bits per heavy atom. The second-order valence-corrected chi connectivity index (χ2v) is 20.5. The molecule has 0 amide bonds. The van der Waals surface area contributed by atoms with Crippen LogP contribution in [0.1, 0.15) is 22.3 Å². The van der Waals surface area contributed by atoms with Crippen LogP contribution in [0, 0.1) is 0 Å². The predicted molar refractivity (Wildman–Crippen MR) is 313 cm³/mol. The third-order valence-electron chi connectivity index (χ3n) is 16.6. The minimum Gasteiger partial charge on any atom is -0.457 e. The van der Waals surface area contributed by atoms with E-state index in [1.54, 1.807) is 0 Å². The van der Waals surface area contributed by atoms with Gasteiger partial charge in [-0.1, -0.05) is 133 Å². The van der Waals surface area contributed by atoms with Gasteiger partial charge in [0.05, 0.1) is 49.9 Å². The maximum Gasteiger partial charge on any atom is 0.132 e. The Morgan fingerprint density at radius 2 is 0.675 bits per heavy atom. The normalized spacial score (nSPS) is 13.1. The first kappa shape index (κ1) is 42.1. The summed E-state index contributed by atoms with van der Waals surface area (Å²) in [5.74, 6) is 1.63. The first-order valence-electron chi connectivity index (χ1n) is 26.3. The molecule has 0 saturated heterocycles. The molecular formula is C71H43N5O. The molecule has 6 nitrogen and oxygen atoms in total. The van der Waals surface area contributed by atoms with E-state index < -0.39 is 5.41 Å². The summed E-state index contributed by atoms with van der Waals surface area (Å²) in [6, 6.07) is 90.3. The Kier molecular flexibility index (Phi) is 8.67. The molecule has 0 atom stereocenters. The van der Waals surface area contributed by atoms with Crippen LogP contribution in [0.5, 0.6) is 11.5 Å². The molecule has 2 aliphatic rings. The molecule has 5 aromatic heterocycles. The smallest absolute Gasteiger partial charge is 0.132 e. The van der Waals surface area contributed by atoms with Gasteiger partial charge in [0, 0.05) is 72.9 Å². The molecule has 6 heteroatoms. The van der Waals surface area contributed by atoms with Crippen LogP contribution in [0.15, 0.2) is 261 Å². The summed E-state index contributed by atoms with van der Waals surface area (Å²) in [7, 11) is 0. The van der Waals surface area contributed by atoms with Gasteiger partial charge in [0.2, 0.25) is 0 Å². The predicted octanol–water partition coefficient (Wildman–Crippen LogP) is 17.6. The Labute approximate surface area is 442 Å². The van der Waals surface area contributed by atoms with Gasteiger partial charge >= 0.3 is 0 Å². The molecule has 0 fully saturated rings. The fourth-order valence-electron chi connectivity index (χ4n) is 13.4. The fraction of sp³-hybridized carbons (Fsp3) is 0.0141. The van der Waals surface area contributed by atoms with Gasteiger partial charge in [0.1, 0.15) is 11.5 Å². The van der Waals surface area contributed by atoms with Gasteiger partial charge in [0.15, 0.2) is 0 Å². The van der Waals surface area contributed by atoms with Crippen LogP contribution in [0.3, 0.4) is 0 Å². The number of pyridine rings is 2. The Hall–Kier alpha value is -10.3. The highest BCUT2D eigenvalue weighted by molar-refractivity contribution is 6.12. The topological polar surface area (TPSA) is 49.8 Å². The third-order valence-corrected chi connectivity index (χ3v) is 16.6. The average Bonchev–Trinajstić information content (AvgIpc) is 4.23. The van der Waals surface area contributed by atoms with E-state index in [-0.39, 0.29) is 0 Å². The zero-order valence-electron chi connectivity index (χ0n) is 41.5. The van der Waals surface area contributed by atoms with Crippen LogP contribution in [-0.4, -0.2) is 23.7 Å². The summed E-state index contributed by atoms with van der Waals surface area (Å²) in [5, 5.41) is 7.34. The van der Waals surface area contributed by atoms with E-state index in [1.165, 1.54) is 54.4 Å². The zero-order chi connectivity index (χ0) is 50.3. The monoisotopic (exact) mass is 981 g/mol. The number of rotatable bonds is 5. The molecule has 0 bridgehead atoms. The molecule has 358 valence electrons. The molecule has 0 unspecified atom stereocenters. The number of hydrogen-bond donors (Lipinski definition) is 0. The van der Waals surface area contributed by atoms with Crippen molar-refractivity contribution in [3.8, 4) is 62.2 Å². The van der Waals surface area contributed by atoms with Crippen molar-refractivity contribution in [1.82, 2.24) is 23.7 Å². The summed E-state index contributed by atoms with van der Waals surface area (Å²) in [5.41, 5.74) is 20.3. The molecule has 10 aromatic carbocycles. The first-order valence-corrected chi connectivity index (χ1v) is 26.3. The van der Waals surface area contributed by atoms with Crippen molar-refractivity contribution in [2.45, 2.75) is 5.41 Å². The van der Waals surface area contributed by atoms with Crippen LogP contribution < -0.4 is 4.74 Å². The summed E-state index contributed by atoms with van der Waals surface area (Å²) in [4.78, 5) is 10.1. The highest BCUT2D eigenvalue weighted by atomic mass is 16.5. The van der Waals surface area contributed by atoms with Crippen molar-refractivity contribution < 1.29 is 4.74 Å². The van der Waals surface area contributed by atoms with Crippen molar-refractivity contribution in [3.05, 3.63) is 283 Å². The standard InChI is InChI=1S/C71H43N5O/c1-2-14-48(15-3-1)74-63-24-10-6-18-53(63)55-40-44(27-35-65(55)74)46-29-37-67-60(42-46)71(58-20-12-38-72-69(58)70-59(71)21-13-39-73-70)57-34-26-47(43-68(57)77-67)45-28-36-66-56(41-45)54-19-7-11-25-64(54)76(66)50-32-30-49(31-33-50)75-61-22-8-4-16-51(61)52-17-5-9-23-62(52)75/h1-43H. The lowest BCUT2D eigenvalue weighted by Gasteiger charge is -2.39. The van der Waals surface area contributed by atoms with Gasteiger partial charge in [-0.05, 0) is 149 Å². The lowest BCUT2D eigenvalue weighted by atomic mass is 9.66. The number of benzene rings is 10. The van der Waals surface area contributed by atoms with Gasteiger partial charge < -0.3 is 18.4 Å². The number of hydrogen-bond acceptors (Lipinski definition) is 3. The van der Waals surface area contributed by atoms with E-state index in [1.807, 2.05) is 12.4 Å². The minimum absolute atomic E-state index is 0.743. The van der Waals surface area contributed by atoms with Gasteiger partial charge in [-0.15, -0.1) is 0 Å². The van der Waals surface area contributed by atoms with Crippen molar-refractivity contribution in [2.24, 2.45) is 0 Å². The van der Waals surface area contributed by atoms with E-state index in [0.717, 1.165) is 95.5 Å². The van der Waals surface area contributed by atoms with Crippen LogP contribution in [0.25, 0.3) is 116 Å². The number of para-hydroxylation sites is 5. The van der Waals surface area contributed by atoms with Gasteiger partial charge in [-0.2, -0.15) is 0 Å². The van der Waals surface area contributed by atoms with E-state index in [0.29, 0.717) is 0 Å². The van der Waals surface area contributed by atoms with Crippen LogP contribution in [-0.2, 0) is 5.41 Å². The minimum atomic E-state index is -0.743. The van der Waals surface area contributed by atoms with Gasteiger partial charge in [-0.3, -0.25) is 9.97 Å². The van der Waals surface area contributed by atoms with Gasteiger partial charge in [-0.25, -0.2) is 0 Å². The van der Waals surface area contributed by atoms with E-state index in [4.69, 9.17) is 14.7 Å². The molecule has 0 saturated carbocycles. The quantitative estimate of drug-likeness (QED) is 0.173. The number of aromatic nitrogens is 5. The summed E-state index contributed by atoms with van der Waals surface area (Å²) in [6.45, 7) is 0. The zero-order valence-corrected chi connectivity index (χ0v) is 41.5. The van der Waals surface area contributed by atoms with E-state index >= 15 is 0 Å². The number of ether oxygens (including phenoxy) is 1. The lowest BCUT2D eigenvalue weighted by Crippen LogP contribution is -2.32. The average molecular weight is 982 g/mol. The molecule has 1 spiro atoms. The Morgan fingerprint density at radius 3 is 1.19 bits per heavy atom. The first-order chi connectivity index (χ1) is 38.2. The second kappa shape index (κ2) is 15.9. The molecule has 1 aliphatic heterocycles. The molecule has 6 heterocycles. The van der Waals surface area contributed by atoms with Crippen molar-refractivity contribution in [3.63, 3.8) is 0 Å². The van der Waals surface area contributed by atoms with Crippen molar-refractivity contribution >= 4 is 65.4 Å². The molecular weight excluding hydrogens is 939 g/mol.